The van der Waals surface area contributed by atoms with Crippen LogP contribution in [0.3, 0.4) is 0 Å². The van der Waals surface area contributed by atoms with Gasteiger partial charge in [0.2, 0.25) is 0 Å². The molecule has 4 rings (SSSR count). The summed E-state index contributed by atoms with van der Waals surface area (Å²) in [4.78, 5) is 7.99. The molecule has 0 spiro atoms. The van der Waals surface area contributed by atoms with Gasteiger partial charge in [-0.15, -0.1) is 0 Å². The van der Waals surface area contributed by atoms with Crippen LogP contribution in [-0.2, 0) is 13.0 Å². The summed E-state index contributed by atoms with van der Waals surface area (Å²) in [5.74, 6) is 1.00. The third-order valence-electron chi connectivity index (χ3n) is 4.14. The van der Waals surface area contributed by atoms with Crippen LogP contribution in [0.25, 0.3) is 11.0 Å². The lowest BCUT2D eigenvalue weighted by molar-refractivity contribution is 0.521. The van der Waals surface area contributed by atoms with E-state index >= 15 is 0 Å². The number of hydrogen-bond acceptors (Lipinski definition) is 2. The van der Waals surface area contributed by atoms with Crippen molar-refractivity contribution in [3.8, 4) is 0 Å². The lowest BCUT2D eigenvalue weighted by Gasteiger charge is -2.13. The van der Waals surface area contributed by atoms with Gasteiger partial charge >= 0.3 is 0 Å². The van der Waals surface area contributed by atoms with Gasteiger partial charge in [-0.3, -0.25) is 0 Å². The number of fused-ring (bicyclic) bond motifs is 2. The molecule has 1 unspecified atom stereocenters. The van der Waals surface area contributed by atoms with E-state index in [0.29, 0.717) is 6.04 Å². The number of nitrogens with zero attached hydrogens (tertiary/aromatic N) is 1. The van der Waals surface area contributed by atoms with E-state index in [-0.39, 0.29) is 0 Å². The predicted octanol–water partition coefficient (Wildman–Crippen LogP) is 4.10. The highest BCUT2D eigenvalue weighted by Gasteiger charge is 2.22. The first-order valence-electron chi connectivity index (χ1n) is 7.25. The van der Waals surface area contributed by atoms with Gasteiger partial charge in [0.25, 0.3) is 0 Å². The molecular formula is C17H16BrN3. The van der Waals surface area contributed by atoms with Crippen LogP contribution in [0.15, 0.2) is 46.9 Å². The van der Waals surface area contributed by atoms with Gasteiger partial charge < -0.3 is 10.3 Å². The van der Waals surface area contributed by atoms with Crippen molar-refractivity contribution in [3.63, 3.8) is 0 Å². The van der Waals surface area contributed by atoms with Crippen molar-refractivity contribution in [2.24, 2.45) is 0 Å². The Bertz CT molecular complexity index is 761. The number of nitrogens with one attached hydrogen (secondary N) is 2. The van der Waals surface area contributed by atoms with Crippen LogP contribution in [0.2, 0.25) is 0 Å². The summed E-state index contributed by atoms with van der Waals surface area (Å²) in [6.45, 7) is 0.773. The van der Waals surface area contributed by atoms with E-state index in [2.05, 4.69) is 55.5 Å². The molecule has 4 heteroatoms. The molecule has 3 nitrogen and oxygen atoms in total. The standard InChI is InChI=1S/C17H16BrN3/c18-12-6-7-13-11(9-12)5-8-14(13)19-10-17-20-15-3-1-2-4-16(15)21-17/h1-4,6-7,9,14,19H,5,8,10H2,(H,20,21). The largest absolute Gasteiger partial charge is 0.341 e. The molecule has 0 fully saturated rings. The Labute approximate surface area is 131 Å². The van der Waals surface area contributed by atoms with Crippen molar-refractivity contribution in [3.05, 3.63) is 63.9 Å². The molecule has 2 aromatic carbocycles. The number of benzene rings is 2. The first-order valence-corrected chi connectivity index (χ1v) is 8.04. The molecule has 106 valence electrons. The van der Waals surface area contributed by atoms with E-state index in [0.717, 1.165) is 36.2 Å². The predicted molar refractivity (Wildman–Crippen MR) is 88.1 cm³/mol. The number of aromatic nitrogens is 2. The third-order valence-corrected chi connectivity index (χ3v) is 4.63. The van der Waals surface area contributed by atoms with E-state index in [1.54, 1.807) is 0 Å². The highest BCUT2D eigenvalue weighted by Crippen LogP contribution is 2.33. The monoisotopic (exact) mass is 341 g/mol. The number of rotatable bonds is 3. The number of hydrogen-bond donors (Lipinski definition) is 2. The highest BCUT2D eigenvalue weighted by molar-refractivity contribution is 9.10. The molecular weight excluding hydrogens is 326 g/mol. The Morgan fingerprint density at radius 2 is 2.14 bits per heavy atom. The molecule has 0 saturated carbocycles. The topological polar surface area (TPSA) is 40.7 Å². The average molecular weight is 342 g/mol. The van der Waals surface area contributed by atoms with Gasteiger partial charge in [0, 0.05) is 10.5 Å². The van der Waals surface area contributed by atoms with E-state index in [1.807, 2.05) is 18.2 Å². The molecule has 0 bridgehead atoms. The molecule has 0 amide bonds. The number of H-pyrrole nitrogens is 1. The van der Waals surface area contributed by atoms with Gasteiger partial charge in [0.15, 0.2) is 0 Å². The maximum absolute atomic E-state index is 4.62. The second kappa shape index (κ2) is 5.28. The maximum Gasteiger partial charge on any atom is 0.121 e. The van der Waals surface area contributed by atoms with Crippen molar-refractivity contribution >= 4 is 27.0 Å². The second-order valence-corrected chi connectivity index (χ2v) is 6.43. The van der Waals surface area contributed by atoms with Gasteiger partial charge in [0.1, 0.15) is 5.82 Å². The zero-order chi connectivity index (χ0) is 14.2. The molecule has 0 aliphatic heterocycles. The van der Waals surface area contributed by atoms with Crippen LogP contribution < -0.4 is 5.32 Å². The third kappa shape index (κ3) is 2.49. The maximum atomic E-state index is 4.62. The normalized spacial score (nSPS) is 17.3. The SMILES string of the molecule is Brc1ccc2c(c1)CCC2NCc1nc2ccccc2[nH]1. The van der Waals surface area contributed by atoms with E-state index in [1.165, 1.54) is 15.6 Å². The lowest BCUT2D eigenvalue weighted by Crippen LogP contribution is -2.19. The van der Waals surface area contributed by atoms with Crippen LogP contribution >= 0.6 is 15.9 Å². The molecule has 21 heavy (non-hydrogen) atoms. The Balaban J connectivity index is 1.51. The summed E-state index contributed by atoms with van der Waals surface area (Å²) in [6.07, 6.45) is 2.30. The quantitative estimate of drug-likeness (QED) is 0.752. The van der Waals surface area contributed by atoms with E-state index < -0.39 is 0 Å². The minimum Gasteiger partial charge on any atom is -0.341 e. The zero-order valence-electron chi connectivity index (χ0n) is 11.6. The number of para-hydroxylation sites is 2. The van der Waals surface area contributed by atoms with Gasteiger partial charge in [-0.2, -0.15) is 0 Å². The Morgan fingerprint density at radius 1 is 1.24 bits per heavy atom. The summed E-state index contributed by atoms with van der Waals surface area (Å²) < 4.78 is 1.17. The molecule has 1 heterocycles. The first-order chi connectivity index (χ1) is 10.3. The fraction of sp³-hybridized carbons (Fsp3) is 0.235. The molecule has 2 N–H and O–H groups in total. The van der Waals surface area contributed by atoms with Gasteiger partial charge in [-0.1, -0.05) is 34.1 Å². The fourth-order valence-electron chi connectivity index (χ4n) is 3.11. The number of halogens is 1. The Kier molecular flexibility index (Phi) is 3.28. The molecule has 1 aliphatic carbocycles. The van der Waals surface area contributed by atoms with Crippen LogP contribution in [0.1, 0.15) is 29.4 Å². The van der Waals surface area contributed by atoms with Gasteiger partial charge in [0.05, 0.1) is 17.6 Å². The van der Waals surface area contributed by atoms with Crippen LogP contribution in [-0.4, -0.2) is 9.97 Å². The molecule has 1 aliphatic rings. The Hall–Kier alpha value is -1.65. The molecule has 3 aromatic rings. The first kappa shape index (κ1) is 13.0. The van der Waals surface area contributed by atoms with Crippen LogP contribution in [0.4, 0.5) is 0 Å². The summed E-state index contributed by atoms with van der Waals surface area (Å²) in [7, 11) is 0. The molecule has 0 radical (unpaired) electrons. The summed E-state index contributed by atoms with van der Waals surface area (Å²) in [5.41, 5.74) is 5.01. The lowest BCUT2D eigenvalue weighted by atomic mass is 10.1. The number of aryl methyl sites for hydroxylation is 1. The molecule has 1 aromatic heterocycles. The zero-order valence-corrected chi connectivity index (χ0v) is 13.2. The average Bonchev–Trinajstić information content (AvgIpc) is 3.07. The highest BCUT2D eigenvalue weighted by atomic mass is 79.9. The Morgan fingerprint density at radius 3 is 3.05 bits per heavy atom. The van der Waals surface area contributed by atoms with Crippen molar-refractivity contribution in [2.45, 2.75) is 25.4 Å². The van der Waals surface area contributed by atoms with E-state index in [9.17, 15) is 0 Å². The van der Waals surface area contributed by atoms with E-state index in [4.69, 9.17) is 0 Å². The van der Waals surface area contributed by atoms with Crippen molar-refractivity contribution in [2.75, 3.05) is 0 Å². The van der Waals surface area contributed by atoms with Gasteiger partial charge in [-0.05, 0) is 48.2 Å². The van der Waals surface area contributed by atoms with Crippen LogP contribution in [0, 0.1) is 0 Å². The minimum absolute atomic E-state index is 0.432. The second-order valence-electron chi connectivity index (χ2n) is 5.52. The number of imidazole rings is 1. The van der Waals surface area contributed by atoms with Gasteiger partial charge in [-0.25, -0.2) is 4.98 Å². The molecule has 1 atom stereocenters. The van der Waals surface area contributed by atoms with Crippen molar-refractivity contribution in [1.82, 2.24) is 15.3 Å². The molecule has 0 saturated heterocycles. The fourth-order valence-corrected chi connectivity index (χ4v) is 3.52. The van der Waals surface area contributed by atoms with Crippen molar-refractivity contribution in [1.29, 1.82) is 0 Å². The summed E-state index contributed by atoms with van der Waals surface area (Å²) in [5, 5.41) is 3.63. The smallest absolute Gasteiger partial charge is 0.121 e. The minimum atomic E-state index is 0.432. The summed E-state index contributed by atoms with van der Waals surface area (Å²) in [6, 6.07) is 15.2. The number of aromatic amines is 1. The van der Waals surface area contributed by atoms with Crippen molar-refractivity contribution < 1.29 is 0 Å². The van der Waals surface area contributed by atoms with Crippen LogP contribution in [0.5, 0.6) is 0 Å². The summed E-state index contributed by atoms with van der Waals surface area (Å²) >= 11 is 3.54.